The van der Waals surface area contributed by atoms with E-state index in [-0.39, 0.29) is 17.9 Å². The smallest absolute Gasteiger partial charge is 0.311 e. The Morgan fingerprint density at radius 1 is 1.28 bits per heavy atom. The van der Waals surface area contributed by atoms with Crippen LogP contribution in [0.1, 0.15) is 19.8 Å². The molecule has 18 heavy (non-hydrogen) atoms. The van der Waals surface area contributed by atoms with Crippen LogP contribution in [0.4, 0.5) is 0 Å². The lowest BCUT2D eigenvalue weighted by Gasteiger charge is -2.25. The summed E-state index contributed by atoms with van der Waals surface area (Å²) in [7, 11) is 3.02. The van der Waals surface area contributed by atoms with Gasteiger partial charge in [0.1, 0.15) is 0 Å². The maximum atomic E-state index is 11.6. The third kappa shape index (κ3) is 4.01. The van der Waals surface area contributed by atoms with Gasteiger partial charge in [0.05, 0.1) is 6.42 Å². The molecule has 0 heterocycles. The van der Waals surface area contributed by atoms with E-state index in [1.54, 1.807) is 19.1 Å². The summed E-state index contributed by atoms with van der Waals surface area (Å²) in [5.41, 5.74) is 0. The first-order valence-electron chi connectivity index (χ1n) is 5.60. The van der Waals surface area contributed by atoms with E-state index in [0.717, 1.165) is 0 Å². The molecule has 5 heteroatoms. The van der Waals surface area contributed by atoms with Gasteiger partial charge in [-0.3, -0.25) is 4.79 Å². The number of ether oxygens (including phenoxy) is 3. The summed E-state index contributed by atoms with van der Waals surface area (Å²) >= 11 is 0. The van der Waals surface area contributed by atoms with Crippen molar-refractivity contribution in [3.63, 3.8) is 0 Å². The molecule has 1 aromatic rings. The van der Waals surface area contributed by atoms with Crippen LogP contribution in [0.3, 0.4) is 0 Å². The molecule has 0 unspecified atom stereocenters. The van der Waals surface area contributed by atoms with E-state index < -0.39 is 11.8 Å². The lowest BCUT2D eigenvalue weighted by Crippen LogP contribution is -2.30. The fourth-order valence-corrected chi connectivity index (χ4v) is 1.33. The van der Waals surface area contributed by atoms with Crippen LogP contribution >= 0.6 is 0 Å². The fraction of sp³-hybridized carbons (Fsp3) is 0.462. The number of benzene rings is 1. The monoisotopic (exact) mass is 254 g/mol. The maximum Gasteiger partial charge on any atom is 0.311 e. The molecule has 0 amide bonds. The molecule has 0 saturated carbocycles. The molecule has 1 rings (SSSR count). The standard InChI is InChI=1S/C13H18O5/c1-13(16-2,17-3)9-8-12(15)18-11-7-5-4-6-10(11)14/h4-7,14H,8-9H2,1-3H3. The minimum absolute atomic E-state index is 0.0629. The van der Waals surface area contributed by atoms with Crippen LogP contribution < -0.4 is 4.74 Å². The van der Waals surface area contributed by atoms with E-state index in [0.29, 0.717) is 6.42 Å². The van der Waals surface area contributed by atoms with Crippen LogP contribution in [0, 0.1) is 0 Å². The zero-order valence-electron chi connectivity index (χ0n) is 10.8. The highest BCUT2D eigenvalue weighted by atomic mass is 16.7. The average molecular weight is 254 g/mol. The Kier molecular flexibility index (Phi) is 5.12. The number of aromatic hydroxyl groups is 1. The molecule has 100 valence electrons. The molecule has 0 aromatic heterocycles. The predicted octanol–water partition coefficient (Wildman–Crippen LogP) is 2.09. The average Bonchev–Trinajstić information content (AvgIpc) is 2.39. The molecule has 1 aromatic carbocycles. The molecule has 0 bridgehead atoms. The molecule has 1 N–H and O–H groups in total. The van der Waals surface area contributed by atoms with Gasteiger partial charge in [-0.15, -0.1) is 0 Å². The number of esters is 1. The molecule has 0 aliphatic heterocycles. The van der Waals surface area contributed by atoms with Crippen LogP contribution in [0.2, 0.25) is 0 Å². The van der Waals surface area contributed by atoms with E-state index in [4.69, 9.17) is 14.2 Å². The predicted molar refractivity (Wildman–Crippen MR) is 65.4 cm³/mol. The summed E-state index contributed by atoms with van der Waals surface area (Å²) in [5.74, 6) is -1.17. The molecule has 0 aliphatic rings. The number of rotatable bonds is 6. The van der Waals surface area contributed by atoms with Gasteiger partial charge in [-0.25, -0.2) is 0 Å². The van der Waals surface area contributed by atoms with Gasteiger partial charge in [0.25, 0.3) is 0 Å². The van der Waals surface area contributed by atoms with Crippen molar-refractivity contribution >= 4 is 5.97 Å². The van der Waals surface area contributed by atoms with Gasteiger partial charge in [-0.2, -0.15) is 0 Å². The molecule has 5 nitrogen and oxygen atoms in total. The van der Waals surface area contributed by atoms with E-state index >= 15 is 0 Å². The van der Waals surface area contributed by atoms with Crippen molar-refractivity contribution in [3.05, 3.63) is 24.3 Å². The minimum atomic E-state index is -0.808. The molecule has 0 radical (unpaired) electrons. The first-order valence-corrected chi connectivity index (χ1v) is 5.60. The van der Waals surface area contributed by atoms with Gasteiger partial charge in [0.2, 0.25) is 0 Å². The second-order valence-corrected chi connectivity index (χ2v) is 3.98. The summed E-state index contributed by atoms with van der Waals surface area (Å²) < 4.78 is 15.3. The number of para-hydroxylation sites is 2. The highest BCUT2D eigenvalue weighted by molar-refractivity contribution is 5.73. The van der Waals surface area contributed by atoms with Crippen LogP contribution in [0.5, 0.6) is 11.5 Å². The van der Waals surface area contributed by atoms with E-state index in [9.17, 15) is 9.90 Å². The number of hydrogen-bond acceptors (Lipinski definition) is 5. The molecule has 0 spiro atoms. The van der Waals surface area contributed by atoms with Gasteiger partial charge < -0.3 is 19.3 Å². The van der Waals surface area contributed by atoms with Crippen molar-refractivity contribution in [1.29, 1.82) is 0 Å². The molecular formula is C13H18O5. The van der Waals surface area contributed by atoms with Crippen LogP contribution in [-0.4, -0.2) is 31.1 Å². The Labute approximate surface area is 106 Å². The first kappa shape index (κ1) is 14.5. The van der Waals surface area contributed by atoms with Crippen LogP contribution in [0.15, 0.2) is 24.3 Å². The van der Waals surface area contributed by atoms with Crippen molar-refractivity contribution < 1.29 is 24.1 Å². The Morgan fingerprint density at radius 2 is 1.89 bits per heavy atom. The summed E-state index contributed by atoms with van der Waals surface area (Å²) in [5, 5.41) is 9.45. The Balaban J connectivity index is 2.50. The summed E-state index contributed by atoms with van der Waals surface area (Å²) in [6.45, 7) is 1.74. The van der Waals surface area contributed by atoms with Gasteiger partial charge in [0, 0.05) is 20.6 Å². The number of phenolic OH excluding ortho intramolecular Hbond substituents is 1. The molecule has 0 atom stereocenters. The van der Waals surface area contributed by atoms with E-state index in [1.807, 2.05) is 0 Å². The SMILES string of the molecule is COC(C)(CCC(=O)Oc1ccccc1O)OC. The van der Waals surface area contributed by atoms with Gasteiger partial charge in [-0.05, 0) is 19.1 Å². The number of hydrogen-bond donors (Lipinski definition) is 1. The lowest BCUT2D eigenvalue weighted by atomic mass is 10.1. The summed E-state index contributed by atoms with van der Waals surface area (Å²) in [4.78, 5) is 11.6. The fourth-order valence-electron chi connectivity index (χ4n) is 1.33. The Morgan fingerprint density at radius 3 is 2.44 bits per heavy atom. The van der Waals surface area contributed by atoms with Crippen molar-refractivity contribution in [3.8, 4) is 11.5 Å². The highest BCUT2D eigenvalue weighted by Crippen LogP contribution is 2.25. The number of carbonyl (C=O) groups is 1. The topological polar surface area (TPSA) is 65.0 Å². The highest BCUT2D eigenvalue weighted by Gasteiger charge is 2.24. The molecule has 0 fully saturated rings. The van der Waals surface area contributed by atoms with Gasteiger partial charge in [-0.1, -0.05) is 12.1 Å². The third-order valence-corrected chi connectivity index (χ3v) is 2.74. The van der Waals surface area contributed by atoms with E-state index in [2.05, 4.69) is 0 Å². The first-order chi connectivity index (χ1) is 8.50. The minimum Gasteiger partial charge on any atom is -0.504 e. The Bertz CT molecular complexity index is 398. The summed E-state index contributed by atoms with van der Waals surface area (Å²) in [6.07, 6.45) is 0.499. The van der Waals surface area contributed by atoms with Crippen LogP contribution in [-0.2, 0) is 14.3 Å². The number of methoxy groups -OCH3 is 2. The number of carbonyl (C=O) groups excluding carboxylic acids is 1. The summed E-state index contributed by atoms with van der Waals surface area (Å²) in [6, 6.07) is 6.31. The van der Waals surface area contributed by atoms with Crippen molar-refractivity contribution in [2.24, 2.45) is 0 Å². The quantitative estimate of drug-likeness (QED) is 0.478. The second kappa shape index (κ2) is 6.37. The second-order valence-electron chi connectivity index (χ2n) is 3.98. The zero-order chi connectivity index (χ0) is 13.6. The van der Waals surface area contributed by atoms with E-state index in [1.165, 1.54) is 26.4 Å². The third-order valence-electron chi connectivity index (χ3n) is 2.74. The van der Waals surface area contributed by atoms with Crippen molar-refractivity contribution in [1.82, 2.24) is 0 Å². The zero-order valence-corrected chi connectivity index (χ0v) is 10.8. The van der Waals surface area contributed by atoms with Gasteiger partial charge in [0.15, 0.2) is 17.3 Å². The normalized spacial score (nSPS) is 11.3. The molecule has 0 aliphatic carbocycles. The Hall–Kier alpha value is -1.59. The number of phenols is 1. The van der Waals surface area contributed by atoms with Gasteiger partial charge >= 0.3 is 5.97 Å². The lowest BCUT2D eigenvalue weighted by molar-refractivity contribution is -0.199. The molecular weight excluding hydrogens is 236 g/mol. The maximum absolute atomic E-state index is 11.6. The van der Waals surface area contributed by atoms with Crippen molar-refractivity contribution in [2.45, 2.75) is 25.6 Å². The van der Waals surface area contributed by atoms with Crippen molar-refractivity contribution in [2.75, 3.05) is 14.2 Å². The van der Waals surface area contributed by atoms with Crippen LogP contribution in [0.25, 0.3) is 0 Å². The molecule has 0 saturated heterocycles. The largest absolute Gasteiger partial charge is 0.504 e.